The minimum atomic E-state index is -4.38. The van der Waals surface area contributed by atoms with Crippen LogP contribution in [0.4, 0.5) is 18.9 Å². The van der Waals surface area contributed by atoms with Crippen molar-refractivity contribution in [2.45, 2.75) is 12.7 Å². The monoisotopic (exact) mass is 446 g/mol. The predicted molar refractivity (Wildman–Crippen MR) is 113 cm³/mol. The van der Waals surface area contributed by atoms with Crippen molar-refractivity contribution in [2.24, 2.45) is 0 Å². The number of halogens is 3. The van der Waals surface area contributed by atoms with Crippen molar-refractivity contribution in [1.29, 1.82) is 0 Å². The molecule has 10 heteroatoms. The summed E-state index contributed by atoms with van der Waals surface area (Å²) in [6, 6.07) is 9.88. The maximum Gasteiger partial charge on any atom is 0.416 e. The number of benzene rings is 2. The van der Waals surface area contributed by atoms with Crippen LogP contribution in [0.2, 0.25) is 0 Å². The van der Waals surface area contributed by atoms with Crippen molar-refractivity contribution in [2.75, 3.05) is 38.2 Å². The van der Waals surface area contributed by atoms with Crippen LogP contribution in [0.1, 0.15) is 21.7 Å². The van der Waals surface area contributed by atoms with Gasteiger partial charge in [0.2, 0.25) is 0 Å². The summed E-state index contributed by atoms with van der Waals surface area (Å²) in [5, 5.41) is 0.371. The number of nitrogens with one attached hydrogen (secondary N) is 1. The van der Waals surface area contributed by atoms with Gasteiger partial charge in [0.25, 0.3) is 5.56 Å². The standard InChI is InChI=1S/C22H21F3N4O3/c1-32-21(31)14-5-6-17-18(11-14)26-19(27-20(17)30)13-28-7-9-29(10-8-28)16-4-2-3-15(12-16)22(23,24)25/h2-6,11-12H,7-10,13H2,1H3,(H,26,27,30). The highest BCUT2D eigenvalue weighted by molar-refractivity contribution is 5.93. The second kappa shape index (κ2) is 8.62. The molecule has 0 aliphatic carbocycles. The average molecular weight is 446 g/mol. The van der Waals surface area contributed by atoms with E-state index in [1.165, 1.54) is 31.4 Å². The smallest absolute Gasteiger partial charge is 0.416 e. The van der Waals surface area contributed by atoms with Crippen LogP contribution in [0.3, 0.4) is 0 Å². The number of nitrogens with zero attached hydrogens (tertiary/aromatic N) is 3. The molecular weight excluding hydrogens is 425 g/mol. The van der Waals surface area contributed by atoms with Crippen molar-refractivity contribution >= 4 is 22.6 Å². The van der Waals surface area contributed by atoms with Crippen LogP contribution in [0, 0.1) is 0 Å². The number of anilines is 1. The van der Waals surface area contributed by atoms with Crippen LogP contribution in [0.25, 0.3) is 10.9 Å². The van der Waals surface area contributed by atoms with E-state index >= 15 is 0 Å². The van der Waals surface area contributed by atoms with Gasteiger partial charge in [-0.05, 0) is 36.4 Å². The van der Waals surface area contributed by atoms with Gasteiger partial charge in [-0.25, -0.2) is 9.78 Å². The lowest BCUT2D eigenvalue weighted by molar-refractivity contribution is -0.137. The van der Waals surface area contributed by atoms with Crippen LogP contribution in [0.5, 0.6) is 0 Å². The van der Waals surface area contributed by atoms with Crippen molar-refractivity contribution in [1.82, 2.24) is 14.9 Å². The number of fused-ring (bicyclic) bond motifs is 1. The normalized spacial score (nSPS) is 15.2. The number of esters is 1. The van der Waals surface area contributed by atoms with Gasteiger partial charge < -0.3 is 14.6 Å². The summed E-state index contributed by atoms with van der Waals surface area (Å²) in [7, 11) is 1.28. The Morgan fingerprint density at radius 3 is 2.56 bits per heavy atom. The van der Waals surface area contributed by atoms with Gasteiger partial charge in [0, 0.05) is 31.9 Å². The Balaban J connectivity index is 1.46. The van der Waals surface area contributed by atoms with Gasteiger partial charge in [-0.3, -0.25) is 9.69 Å². The molecule has 0 atom stereocenters. The quantitative estimate of drug-likeness (QED) is 0.621. The molecule has 0 radical (unpaired) electrons. The minimum absolute atomic E-state index is 0.302. The molecule has 7 nitrogen and oxygen atoms in total. The molecule has 1 aromatic heterocycles. The third kappa shape index (κ3) is 4.59. The number of rotatable bonds is 4. The summed E-state index contributed by atoms with van der Waals surface area (Å²) >= 11 is 0. The first-order valence-electron chi connectivity index (χ1n) is 10.0. The fourth-order valence-electron chi connectivity index (χ4n) is 3.76. The van der Waals surface area contributed by atoms with Gasteiger partial charge in [-0.15, -0.1) is 0 Å². The zero-order valence-corrected chi connectivity index (χ0v) is 17.3. The van der Waals surface area contributed by atoms with Crippen LogP contribution in [-0.4, -0.2) is 54.1 Å². The first-order valence-corrected chi connectivity index (χ1v) is 10.0. The lowest BCUT2D eigenvalue weighted by Crippen LogP contribution is -2.46. The van der Waals surface area contributed by atoms with E-state index in [1.54, 1.807) is 6.07 Å². The zero-order valence-electron chi connectivity index (χ0n) is 17.3. The highest BCUT2D eigenvalue weighted by Gasteiger charge is 2.31. The van der Waals surface area contributed by atoms with E-state index in [4.69, 9.17) is 4.74 Å². The maximum atomic E-state index is 13.0. The molecule has 3 aromatic rings. The van der Waals surface area contributed by atoms with Gasteiger partial charge in [-0.1, -0.05) is 6.07 Å². The largest absolute Gasteiger partial charge is 0.465 e. The van der Waals surface area contributed by atoms with Crippen molar-refractivity contribution in [3.63, 3.8) is 0 Å². The van der Waals surface area contributed by atoms with E-state index in [1.807, 2.05) is 4.90 Å². The Morgan fingerprint density at radius 1 is 1.12 bits per heavy atom. The molecule has 0 bridgehead atoms. The van der Waals surface area contributed by atoms with Gasteiger partial charge >= 0.3 is 12.1 Å². The third-order valence-corrected chi connectivity index (χ3v) is 5.46. The molecule has 4 rings (SSSR count). The molecule has 168 valence electrons. The van der Waals surface area contributed by atoms with Crippen molar-refractivity contribution in [3.8, 4) is 0 Å². The molecule has 1 saturated heterocycles. The second-order valence-electron chi connectivity index (χ2n) is 7.55. The van der Waals surface area contributed by atoms with Gasteiger partial charge in [0.05, 0.1) is 35.7 Å². The topological polar surface area (TPSA) is 78.5 Å². The number of alkyl halides is 3. The molecule has 0 saturated carbocycles. The fourth-order valence-corrected chi connectivity index (χ4v) is 3.76. The van der Waals surface area contributed by atoms with Gasteiger partial charge in [-0.2, -0.15) is 13.2 Å². The SMILES string of the molecule is COC(=O)c1ccc2c(=O)[nH]c(CN3CCN(c4cccc(C(F)(F)F)c4)CC3)nc2c1. The Morgan fingerprint density at radius 2 is 1.88 bits per heavy atom. The zero-order chi connectivity index (χ0) is 22.9. The Bertz CT molecular complexity index is 1200. The number of carbonyl (C=O) groups excluding carboxylic acids is 1. The molecule has 0 unspecified atom stereocenters. The average Bonchev–Trinajstić information content (AvgIpc) is 2.78. The summed E-state index contributed by atoms with van der Waals surface area (Å²) < 4.78 is 43.7. The minimum Gasteiger partial charge on any atom is -0.465 e. The Hall–Kier alpha value is -3.40. The number of methoxy groups -OCH3 is 1. The first-order chi connectivity index (χ1) is 15.2. The van der Waals surface area contributed by atoms with E-state index in [0.29, 0.717) is 60.7 Å². The van der Waals surface area contributed by atoms with Gasteiger partial charge in [0.1, 0.15) is 5.82 Å². The molecular formula is C22H21F3N4O3. The molecule has 0 spiro atoms. The van der Waals surface area contributed by atoms with E-state index in [2.05, 4.69) is 14.9 Å². The van der Waals surface area contributed by atoms with Crippen LogP contribution < -0.4 is 10.5 Å². The number of piperazine rings is 1. The lowest BCUT2D eigenvalue weighted by Gasteiger charge is -2.36. The Labute approximate surface area is 181 Å². The number of H-pyrrole nitrogens is 1. The highest BCUT2D eigenvalue weighted by atomic mass is 19.4. The molecule has 32 heavy (non-hydrogen) atoms. The van der Waals surface area contributed by atoms with E-state index in [-0.39, 0.29) is 5.56 Å². The number of aromatic nitrogens is 2. The Kier molecular flexibility index (Phi) is 5.88. The predicted octanol–water partition coefficient (Wildman–Crippen LogP) is 3.05. The number of aromatic amines is 1. The third-order valence-electron chi connectivity index (χ3n) is 5.46. The van der Waals surface area contributed by atoms with Crippen LogP contribution in [0.15, 0.2) is 47.3 Å². The van der Waals surface area contributed by atoms with E-state index < -0.39 is 17.7 Å². The maximum absolute atomic E-state index is 13.0. The number of hydrogen-bond donors (Lipinski definition) is 1. The summed E-state index contributed by atoms with van der Waals surface area (Å²) in [5.74, 6) is -0.0571. The molecule has 1 N–H and O–H groups in total. The molecule has 0 amide bonds. The highest BCUT2D eigenvalue weighted by Crippen LogP contribution is 2.31. The summed E-state index contributed by atoms with van der Waals surface area (Å²) in [6.07, 6.45) is -4.38. The number of carbonyl (C=O) groups is 1. The van der Waals surface area contributed by atoms with Crippen LogP contribution in [-0.2, 0) is 17.5 Å². The van der Waals surface area contributed by atoms with Gasteiger partial charge in [0.15, 0.2) is 0 Å². The first kappa shape index (κ1) is 21.8. The van der Waals surface area contributed by atoms with Crippen molar-refractivity contribution in [3.05, 3.63) is 69.8 Å². The molecule has 2 heterocycles. The van der Waals surface area contributed by atoms with Crippen LogP contribution >= 0.6 is 0 Å². The molecule has 1 fully saturated rings. The molecule has 2 aromatic carbocycles. The summed E-state index contributed by atoms with van der Waals surface area (Å²) in [5.41, 5.74) is 0.269. The number of ether oxygens (including phenoxy) is 1. The summed E-state index contributed by atoms with van der Waals surface area (Å²) in [4.78, 5) is 35.4. The second-order valence-corrected chi connectivity index (χ2v) is 7.55. The molecule has 1 aliphatic heterocycles. The fraction of sp³-hybridized carbons (Fsp3) is 0.318. The summed E-state index contributed by atoms with van der Waals surface area (Å²) in [6.45, 7) is 2.67. The van der Waals surface area contributed by atoms with E-state index in [9.17, 15) is 22.8 Å². The van der Waals surface area contributed by atoms with E-state index in [0.717, 1.165) is 12.1 Å². The van der Waals surface area contributed by atoms with Crippen molar-refractivity contribution < 1.29 is 22.7 Å². The molecule has 1 aliphatic rings. The number of hydrogen-bond acceptors (Lipinski definition) is 6. The lowest BCUT2D eigenvalue weighted by atomic mass is 10.1.